The molecule has 0 spiro atoms. The normalized spacial score (nSPS) is 14.8. The standard InChI is InChI=1S/C14H13F2NO/c1-7-6-9(15)13-11(12(7)16)14(18)8-4-2-3-5-10(8)17-13/h6H,2-5H2,1H3,(H,17,18). The first-order chi connectivity index (χ1) is 8.59. The Morgan fingerprint density at radius 2 is 1.94 bits per heavy atom. The molecule has 1 heterocycles. The Labute approximate surface area is 103 Å². The summed E-state index contributed by atoms with van der Waals surface area (Å²) in [5.41, 5.74) is 1.21. The molecule has 0 saturated heterocycles. The number of hydrogen-bond acceptors (Lipinski definition) is 1. The van der Waals surface area contributed by atoms with E-state index >= 15 is 0 Å². The highest BCUT2D eigenvalue weighted by Crippen LogP contribution is 2.24. The largest absolute Gasteiger partial charge is 0.355 e. The summed E-state index contributed by atoms with van der Waals surface area (Å²) in [6.45, 7) is 1.47. The lowest BCUT2D eigenvalue weighted by atomic mass is 9.93. The van der Waals surface area contributed by atoms with E-state index in [0.717, 1.165) is 31.0 Å². The molecule has 18 heavy (non-hydrogen) atoms. The number of H-pyrrole nitrogens is 1. The number of halogens is 2. The van der Waals surface area contributed by atoms with Crippen molar-refractivity contribution in [1.82, 2.24) is 4.98 Å². The third-order valence-corrected chi connectivity index (χ3v) is 3.64. The van der Waals surface area contributed by atoms with Gasteiger partial charge in [-0.15, -0.1) is 0 Å². The molecule has 2 aromatic rings. The van der Waals surface area contributed by atoms with Gasteiger partial charge in [0, 0.05) is 11.3 Å². The van der Waals surface area contributed by atoms with Crippen LogP contribution in [0.15, 0.2) is 10.9 Å². The molecule has 1 aromatic carbocycles. The van der Waals surface area contributed by atoms with Gasteiger partial charge in [-0.05, 0) is 44.2 Å². The van der Waals surface area contributed by atoms with Gasteiger partial charge in [0.1, 0.15) is 11.6 Å². The first kappa shape index (κ1) is 11.4. The van der Waals surface area contributed by atoms with E-state index in [1.807, 2.05) is 0 Å². The van der Waals surface area contributed by atoms with Crippen LogP contribution in [0.2, 0.25) is 0 Å². The molecule has 0 amide bonds. The van der Waals surface area contributed by atoms with E-state index < -0.39 is 11.6 Å². The van der Waals surface area contributed by atoms with Crippen molar-refractivity contribution in [3.8, 4) is 0 Å². The SMILES string of the molecule is Cc1cc(F)c2[nH]c3c(c(=O)c2c1F)CCCC3. The van der Waals surface area contributed by atoms with E-state index in [0.29, 0.717) is 12.0 Å². The van der Waals surface area contributed by atoms with Crippen molar-refractivity contribution in [3.05, 3.63) is 44.7 Å². The van der Waals surface area contributed by atoms with Gasteiger partial charge in [-0.3, -0.25) is 4.79 Å². The minimum atomic E-state index is -0.610. The minimum absolute atomic E-state index is 0.00347. The van der Waals surface area contributed by atoms with Crippen molar-refractivity contribution >= 4 is 10.9 Å². The zero-order valence-corrected chi connectivity index (χ0v) is 10.1. The van der Waals surface area contributed by atoms with E-state index in [2.05, 4.69) is 4.98 Å². The molecule has 0 bridgehead atoms. The van der Waals surface area contributed by atoms with E-state index in [1.54, 1.807) is 0 Å². The van der Waals surface area contributed by atoms with Crippen LogP contribution in [0.5, 0.6) is 0 Å². The summed E-state index contributed by atoms with van der Waals surface area (Å²) in [4.78, 5) is 15.2. The Balaban J connectivity index is 2.50. The van der Waals surface area contributed by atoms with Crippen molar-refractivity contribution in [1.29, 1.82) is 0 Å². The first-order valence-corrected chi connectivity index (χ1v) is 6.12. The molecule has 0 unspecified atom stereocenters. The number of benzene rings is 1. The van der Waals surface area contributed by atoms with Crippen molar-refractivity contribution in [2.24, 2.45) is 0 Å². The second kappa shape index (κ2) is 3.90. The predicted molar refractivity (Wildman–Crippen MR) is 65.9 cm³/mol. The number of nitrogens with one attached hydrogen (secondary N) is 1. The first-order valence-electron chi connectivity index (χ1n) is 6.12. The van der Waals surface area contributed by atoms with Gasteiger partial charge >= 0.3 is 0 Å². The van der Waals surface area contributed by atoms with Crippen molar-refractivity contribution in [3.63, 3.8) is 0 Å². The van der Waals surface area contributed by atoms with Gasteiger partial charge in [-0.1, -0.05) is 0 Å². The zero-order chi connectivity index (χ0) is 12.9. The van der Waals surface area contributed by atoms with Gasteiger partial charge in [0.25, 0.3) is 0 Å². The average Bonchev–Trinajstić information content (AvgIpc) is 2.36. The molecular formula is C14H13F2NO. The van der Waals surface area contributed by atoms with Crippen molar-refractivity contribution in [2.75, 3.05) is 0 Å². The fourth-order valence-electron chi connectivity index (χ4n) is 2.68. The van der Waals surface area contributed by atoms with E-state index in [9.17, 15) is 13.6 Å². The van der Waals surface area contributed by atoms with Crippen LogP contribution < -0.4 is 5.43 Å². The maximum atomic E-state index is 14.0. The van der Waals surface area contributed by atoms with Gasteiger partial charge in [-0.2, -0.15) is 0 Å². The lowest BCUT2D eigenvalue weighted by Crippen LogP contribution is -2.20. The van der Waals surface area contributed by atoms with Gasteiger partial charge in [0.15, 0.2) is 5.43 Å². The number of fused-ring (bicyclic) bond motifs is 2. The quantitative estimate of drug-likeness (QED) is 0.765. The van der Waals surface area contributed by atoms with E-state index in [4.69, 9.17) is 0 Å². The number of aromatic nitrogens is 1. The molecule has 0 fully saturated rings. The summed E-state index contributed by atoms with van der Waals surface area (Å²) >= 11 is 0. The predicted octanol–water partition coefficient (Wildman–Crippen LogP) is 2.99. The minimum Gasteiger partial charge on any atom is -0.355 e. The summed E-state index contributed by atoms with van der Waals surface area (Å²) < 4.78 is 27.9. The monoisotopic (exact) mass is 249 g/mol. The Morgan fingerprint density at radius 3 is 2.72 bits per heavy atom. The van der Waals surface area contributed by atoms with Crippen LogP contribution in [-0.2, 0) is 12.8 Å². The molecule has 1 N–H and O–H groups in total. The molecule has 1 aromatic heterocycles. The zero-order valence-electron chi connectivity index (χ0n) is 10.1. The smallest absolute Gasteiger partial charge is 0.195 e. The molecule has 3 rings (SSSR count). The summed E-state index contributed by atoms with van der Waals surface area (Å²) in [6.07, 6.45) is 3.28. The van der Waals surface area contributed by atoms with Crippen LogP contribution in [-0.4, -0.2) is 4.98 Å². The maximum absolute atomic E-state index is 14.0. The Hall–Kier alpha value is -1.71. The van der Waals surface area contributed by atoms with E-state index in [-0.39, 0.29) is 21.9 Å². The van der Waals surface area contributed by atoms with E-state index in [1.165, 1.54) is 6.92 Å². The summed E-state index contributed by atoms with van der Waals surface area (Å²) in [5.74, 6) is -1.17. The third kappa shape index (κ3) is 1.48. The fourth-order valence-corrected chi connectivity index (χ4v) is 2.68. The molecule has 0 radical (unpaired) electrons. The summed E-state index contributed by atoms with van der Waals surface area (Å²) in [6, 6.07) is 1.13. The van der Waals surface area contributed by atoms with Gasteiger partial charge in [0.05, 0.1) is 10.9 Å². The van der Waals surface area contributed by atoms with Crippen molar-refractivity contribution in [2.45, 2.75) is 32.6 Å². The topological polar surface area (TPSA) is 32.9 Å². The van der Waals surface area contributed by atoms with Crippen molar-refractivity contribution < 1.29 is 8.78 Å². The Bertz CT molecular complexity index is 703. The lowest BCUT2D eigenvalue weighted by molar-refractivity contribution is 0.603. The van der Waals surface area contributed by atoms with Crippen LogP contribution in [0.4, 0.5) is 8.78 Å². The number of hydrogen-bond donors (Lipinski definition) is 1. The summed E-state index contributed by atoms with van der Waals surface area (Å²) in [7, 11) is 0. The highest BCUT2D eigenvalue weighted by molar-refractivity contribution is 5.81. The molecule has 4 heteroatoms. The number of aromatic amines is 1. The molecule has 0 aliphatic heterocycles. The van der Waals surface area contributed by atoms with Gasteiger partial charge in [-0.25, -0.2) is 8.78 Å². The second-order valence-corrected chi connectivity index (χ2v) is 4.86. The maximum Gasteiger partial charge on any atom is 0.195 e. The van der Waals surface area contributed by atoms with Crippen LogP contribution in [0.1, 0.15) is 29.7 Å². The number of aryl methyl sites for hydroxylation is 2. The van der Waals surface area contributed by atoms with Gasteiger partial charge < -0.3 is 4.98 Å². The highest BCUT2D eigenvalue weighted by Gasteiger charge is 2.20. The average molecular weight is 249 g/mol. The number of pyridine rings is 1. The molecule has 2 nitrogen and oxygen atoms in total. The molecular weight excluding hydrogens is 236 g/mol. The molecule has 1 aliphatic carbocycles. The summed E-state index contributed by atoms with van der Waals surface area (Å²) in [5, 5.41) is -0.131. The fraction of sp³-hybridized carbons (Fsp3) is 0.357. The third-order valence-electron chi connectivity index (χ3n) is 3.64. The molecule has 94 valence electrons. The Morgan fingerprint density at radius 1 is 1.22 bits per heavy atom. The molecule has 0 saturated carbocycles. The second-order valence-electron chi connectivity index (χ2n) is 4.86. The van der Waals surface area contributed by atoms with Crippen LogP contribution in [0, 0.1) is 18.6 Å². The van der Waals surface area contributed by atoms with Crippen LogP contribution in [0.25, 0.3) is 10.9 Å². The van der Waals surface area contributed by atoms with Gasteiger partial charge in [0.2, 0.25) is 0 Å². The number of rotatable bonds is 0. The molecule has 1 aliphatic rings. The van der Waals surface area contributed by atoms with Crippen LogP contribution >= 0.6 is 0 Å². The lowest BCUT2D eigenvalue weighted by Gasteiger charge is -2.16. The highest BCUT2D eigenvalue weighted by atomic mass is 19.1. The Kier molecular flexibility index (Phi) is 2.47. The van der Waals surface area contributed by atoms with Crippen LogP contribution in [0.3, 0.4) is 0 Å². The molecule has 0 atom stereocenters.